The molecular formula is C19H30N6O4S. The number of carbonyl (C=O) groups excluding carboxylic acids is 4. The number of hydrogen-bond acceptors (Lipinski definition) is 9. The van der Waals surface area contributed by atoms with Crippen molar-refractivity contribution >= 4 is 35.9 Å². The van der Waals surface area contributed by atoms with Gasteiger partial charge in [0.15, 0.2) is 5.78 Å². The molecule has 0 radical (unpaired) electrons. The standard InChI is InChI=1S/C19H30N6O4S/c1-2-3-4-13-19(29)25-14(7-22-13)17(27)18(28)15(9-30)23-8-16(26)12(20)5-11-6-21-10-24-11/h6,10,12-15,22-23,30H,2-5,7-9,20H2,1H3,(H,21,24)(H,25,29)/t12-,13-,14+,15-/m0/s1. The summed E-state index contributed by atoms with van der Waals surface area (Å²) in [6, 6.07) is -2.99. The summed E-state index contributed by atoms with van der Waals surface area (Å²) in [5.41, 5.74) is 6.62. The quantitative estimate of drug-likeness (QED) is 0.161. The predicted molar refractivity (Wildman–Crippen MR) is 114 cm³/mol. The van der Waals surface area contributed by atoms with Crippen LogP contribution in [0.2, 0.25) is 0 Å². The Morgan fingerprint density at radius 3 is 2.77 bits per heavy atom. The number of unbranched alkanes of at least 4 members (excludes halogenated alkanes) is 1. The SMILES string of the molecule is CCCC[C@@H]1NC[C@H](C(=O)C(=O)[C@H](CS)NCC(=O)[C@@H](N)Cc2cnc[nH]2)NC1=O. The number of ketones is 3. The molecule has 0 aliphatic carbocycles. The minimum absolute atomic E-state index is 0.0286. The number of imidazole rings is 1. The van der Waals surface area contributed by atoms with Gasteiger partial charge in [-0.25, -0.2) is 4.98 Å². The Balaban J connectivity index is 1.84. The molecule has 0 unspecified atom stereocenters. The van der Waals surface area contributed by atoms with Crippen molar-refractivity contribution in [3.8, 4) is 0 Å². The Morgan fingerprint density at radius 2 is 2.17 bits per heavy atom. The molecule has 2 rings (SSSR count). The molecule has 1 aromatic rings. The van der Waals surface area contributed by atoms with E-state index in [4.69, 9.17) is 5.73 Å². The van der Waals surface area contributed by atoms with Crippen molar-refractivity contribution in [3.05, 3.63) is 18.2 Å². The van der Waals surface area contributed by atoms with Crippen molar-refractivity contribution in [3.63, 3.8) is 0 Å². The molecule has 0 spiro atoms. The van der Waals surface area contributed by atoms with E-state index in [0.717, 1.165) is 18.5 Å². The summed E-state index contributed by atoms with van der Waals surface area (Å²) in [7, 11) is 0. The van der Waals surface area contributed by atoms with Gasteiger partial charge >= 0.3 is 0 Å². The van der Waals surface area contributed by atoms with Gasteiger partial charge in [0.25, 0.3) is 0 Å². The van der Waals surface area contributed by atoms with Crippen LogP contribution < -0.4 is 21.7 Å². The summed E-state index contributed by atoms with van der Waals surface area (Å²) in [5, 5.41) is 8.41. The van der Waals surface area contributed by atoms with E-state index in [9.17, 15) is 19.2 Å². The van der Waals surface area contributed by atoms with E-state index in [-0.39, 0.29) is 43.0 Å². The Morgan fingerprint density at radius 1 is 1.40 bits per heavy atom. The molecule has 1 fully saturated rings. The topological polar surface area (TPSA) is 159 Å². The third-order valence-corrected chi connectivity index (χ3v) is 5.40. The number of nitrogens with one attached hydrogen (secondary N) is 4. The molecule has 30 heavy (non-hydrogen) atoms. The van der Waals surface area contributed by atoms with Crippen LogP contribution in [0.4, 0.5) is 0 Å². The van der Waals surface area contributed by atoms with Crippen molar-refractivity contribution in [2.24, 2.45) is 5.73 Å². The highest BCUT2D eigenvalue weighted by atomic mass is 32.1. The van der Waals surface area contributed by atoms with Gasteiger partial charge in [-0.05, 0) is 6.42 Å². The summed E-state index contributed by atoms with van der Waals surface area (Å²) in [6.07, 6.45) is 5.91. The highest BCUT2D eigenvalue weighted by Gasteiger charge is 2.36. The average Bonchev–Trinajstić information content (AvgIpc) is 3.25. The predicted octanol–water partition coefficient (Wildman–Crippen LogP) is -1.48. The number of aromatic amines is 1. The van der Waals surface area contributed by atoms with Gasteiger partial charge in [0, 0.05) is 30.6 Å². The number of thiol groups is 1. The number of H-pyrrole nitrogens is 1. The van der Waals surface area contributed by atoms with E-state index in [2.05, 4.69) is 38.5 Å². The monoisotopic (exact) mass is 438 g/mol. The fourth-order valence-electron chi connectivity index (χ4n) is 3.16. The third kappa shape index (κ3) is 6.73. The molecule has 0 bridgehead atoms. The van der Waals surface area contributed by atoms with Crippen LogP contribution in [-0.2, 0) is 25.6 Å². The number of amides is 1. The highest BCUT2D eigenvalue weighted by molar-refractivity contribution is 7.80. The zero-order chi connectivity index (χ0) is 22.1. The van der Waals surface area contributed by atoms with Gasteiger partial charge in [-0.2, -0.15) is 12.6 Å². The Bertz CT molecular complexity index is 741. The molecule has 1 aliphatic heterocycles. The molecule has 10 nitrogen and oxygen atoms in total. The molecule has 1 saturated heterocycles. The number of nitrogens with zero attached hydrogens (tertiary/aromatic N) is 1. The average molecular weight is 439 g/mol. The number of carbonyl (C=O) groups is 4. The van der Waals surface area contributed by atoms with Crippen LogP contribution in [0.5, 0.6) is 0 Å². The minimum Gasteiger partial charge on any atom is -0.348 e. The van der Waals surface area contributed by atoms with Crippen LogP contribution in [0.3, 0.4) is 0 Å². The number of piperazine rings is 1. The fourth-order valence-corrected chi connectivity index (χ4v) is 3.46. The van der Waals surface area contributed by atoms with Gasteiger partial charge in [-0.15, -0.1) is 0 Å². The van der Waals surface area contributed by atoms with E-state index in [1.54, 1.807) is 6.20 Å². The van der Waals surface area contributed by atoms with Crippen LogP contribution >= 0.6 is 12.6 Å². The normalized spacial score (nSPS) is 21.0. The molecule has 11 heteroatoms. The Hall–Kier alpha value is -2.08. The second-order valence-electron chi connectivity index (χ2n) is 7.36. The van der Waals surface area contributed by atoms with Crippen molar-refractivity contribution in [2.75, 3.05) is 18.8 Å². The zero-order valence-electron chi connectivity index (χ0n) is 17.0. The first kappa shape index (κ1) is 24.2. The third-order valence-electron chi connectivity index (χ3n) is 5.04. The summed E-state index contributed by atoms with van der Waals surface area (Å²) < 4.78 is 0. The molecule has 2 heterocycles. The van der Waals surface area contributed by atoms with Crippen LogP contribution in [0, 0.1) is 0 Å². The van der Waals surface area contributed by atoms with Crippen molar-refractivity contribution in [2.45, 2.75) is 56.8 Å². The first-order valence-electron chi connectivity index (χ1n) is 10.1. The van der Waals surface area contributed by atoms with Crippen LogP contribution in [0.15, 0.2) is 12.5 Å². The maximum Gasteiger partial charge on any atom is 0.237 e. The molecular weight excluding hydrogens is 408 g/mol. The molecule has 166 valence electrons. The molecule has 0 saturated carbocycles. The number of rotatable bonds is 13. The van der Waals surface area contributed by atoms with Crippen molar-refractivity contribution in [1.82, 2.24) is 25.9 Å². The van der Waals surface area contributed by atoms with E-state index >= 15 is 0 Å². The Labute approximate surface area is 180 Å². The molecule has 0 aromatic carbocycles. The maximum atomic E-state index is 12.6. The molecule has 6 N–H and O–H groups in total. The molecule has 1 amide bonds. The van der Waals surface area contributed by atoms with Crippen molar-refractivity contribution < 1.29 is 19.2 Å². The zero-order valence-corrected chi connectivity index (χ0v) is 17.9. The van der Waals surface area contributed by atoms with E-state index in [0.29, 0.717) is 6.42 Å². The first-order chi connectivity index (χ1) is 14.4. The lowest BCUT2D eigenvalue weighted by Crippen LogP contribution is -2.63. The fraction of sp³-hybridized carbons (Fsp3) is 0.632. The smallest absolute Gasteiger partial charge is 0.237 e. The summed E-state index contributed by atoms with van der Waals surface area (Å²) >= 11 is 4.12. The second kappa shape index (κ2) is 11.9. The number of aromatic nitrogens is 2. The molecule has 4 atom stereocenters. The molecule has 1 aromatic heterocycles. The number of Topliss-reactive ketones (excluding diaryl/α,β-unsaturated/α-hetero) is 3. The van der Waals surface area contributed by atoms with Gasteiger partial charge in [-0.1, -0.05) is 19.8 Å². The maximum absolute atomic E-state index is 12.6. The lowest BCUT2D eigenvalue weighted by atomic mass is 9.99. The summed E-state index contributed by atoms with van der Waals surface area (Å²) in [6.45, 7) is 2.05. The highest BCUT2D eigenvalue weighted by Crippen LogP contribution is 2.07. The van der Waals surface area contributed by atoms with Crippen molar-refractivity contribution in [1.29, 1.82) is 0 Å². The van der Waals surface area contributed by atoms with Gasteiger partial charge in [0.05, 0.1) is 31.0 Å². The Kier molecular flexibility index (Phi) is 9.63. The van der Waals surface area contributed by atoms with Gasteiger partial charge in [0.2, 0.25) is 17.5 Å². The van der Waals surface area contributed by atoms with Crippen LogP contribution in [0.25, 0.3) is 0 Å². The van der Waals surface area contributed by atoms with E-state index < -0.39 is 29.7 Å². The minimum atomic E-state index is -0.946. The van der Waals surface area contributed by atoms with Gasteiger partial charge < -0.3 is 21.4 Å². The van der Waals surface area contributed by atoms with Crippen LogP contribution in [0.1, 0.15) is 31.9 Å². The molecule has 1 aliphatic rings. The second-order valence-corrected chi connectivity index (χ2v) is 7.73. The number of hydrogen-bond donors (Lipinski definition) is 6. The largest absolute Gasteiger partial charge is 0.348 e. The summed E-state index contributed by atoms with van der Waals surface area (Å²) in [5.74, 6) is -2.00. The summed E-state index contributed by atoms with van der Waals surface area (Å²) in [4.78, 5) is 56.3. The van der Waals surface area contributed by atoms with E-state index in [1.807, 2.05) is 6.92 Å². The van der Waals surface area contributed by atoms with E-state index in [1.165, 1.54) is 6.33 Å². The lowest BCUT2D eigenvalue weighted by molar-refractivity contribution is -0.140. The number of nitrogens with two attached hydrogens (primary N) is 1. The van der Waals surface area contributed by atoms with Crippen LogP contribution in [-0.4, -0.2) is 76.2 Å². The lowest BCUT2D eigenvalue weighted by Gasteiger charge is -2.30. The van der Waals surface area contributed by atoms with Gasteiger partial charge in [0.1, 0.15) is 6.04 Å². The first-order valence-corrected chi connectivity index (χ1v) is 10.7. The van der Waals surface area contributed by atoms with Gasteiger partial charge in [-0.3, -0.25) is 24.5 Å².